The van der Waals surface area contributed by atoms with Gasteiger partial charge in [0.2, 0.25) is 4.90 Å². The quantitative estimate of drug-likeness (QED) is 0.440. The van der Waals surface area contributed by atoms with Crippen LogP contribution in [0.2, 0.25) is 0 Å². The molecule has 0 aromatic rings. The van der Waals surface area contributed by atoms with Gasteiger partial charge in [-0.05, 0) is 25.7 Å². The van der Waals surface area contributed by atoms with Crippen LogP contribution < -0.4 is 0 Å². The Kier molecular flexibility index (Phi) is 3.60. The van der Waals surface area contributed by atoms with Crippen molar-refractivity contribution in [3.8, 4) is 0 Å². The number of nitrogens with zero attached hydrogens (tertiary/aromatic N) is 1. The molecule has 2 rings (SSSR count). The minimum absolute atomic E-state index is 0.0241. The van der Waals surface area contributed by atoms with Gasteiger partial charge >= 0.3 is 15.2 Å². The molecule has 1 aliphatic carbocycles. The molecular formula is C10H22NO6P2+. The largest absolute Gasteiger partial charge is 0.349 e. The Hall–Kier alpha value is 0.260. The fourth-order valence-electron chi connectivity index (χ4n) is 4.22. The van der Waals surface area contributed by atoms with E-state index in [2.05, 4.69) is 0 Å². The van der Waals surface area contributed by atoms with Crippen LogP contribution in [0.5, 0.6) is 0 Å². The molecule has 7 nitrogen and oxygen atoms in total. The molecule has 0 aromatic heterocycles. The lowest BCUT2D eigenvalue weighted by Crippen LogP contribution is -2.62. The summed E-state index contributed by atoms with van der Waals surface area (Å²) in [6.07, 6.45) is 2.09. The normalized spacial score (nSPS) is 34.0. The summed E-state index contributed by atoms with van der Waals surface area (Å²) in [6.45, 7) is 0.683. The minimum atomic E-state index is -4.91. The zero-order chi connectivity index (χ0) is 14.7. The molecule has 1 heterocycles. The van der Waals surface area contributed by atoms with Gasteiger partial charge in [-0.3, -0.25) is 9.13 Å². The highest BCUT2D eigenvalue weighted by Gasteiger charge is 2.74. The van der Waals surface area contributed by atoms with Crippen molar-refractivity contribution in [3.05, 3.63) is 0 Å². The van der Waals surface area contributed by atoms with Crippen molar-refractivity contribution >= 4 is 15.2 Å². The zero-order valence-electron chi connectivity index (χ0n) is 11.1. The van der Waals surface area contributed by atoms with Gasteiger partial charge in [-0.15, -0.1) is 0 Å². The molecule has 2 atom stereocenters. The Morgan fingerprint density at radius 1 is 1.05 bits per heavy atom. The average Bonchev–Trinajstić information content (AvgIpc) is 2.56. The third kappa shape index (κ3) is 2.16. The number of rotatable bonds is 2. The summed E-state index contributed by atoms with van der Waals surface area (Å²) in [5.74, 6) is -0.0241. The Morgan fingerprint density at radius 3 is 2.05 bits per heavy atom. The van der Waals surface area contributed by atoms with E-state index in [0.29, 0.717) is 13.0 Å². The van der Waals surface area contributed by atoms with Crippen molar-refractivity contribution in [3.63, 3.8) is 0 Å². The molecule has 0 bridgehead atoms. The number of hydrogen-bond donors (Lipinski definition) is 4. The maximum atomic E-state index is 11.9. The van der Waals surface area contributed by atoms with Gasteiger partial charge in [0.1, 0.15) is 6.04 Å². The highest BCUT2D eigenvalue weighted by molar-refractivity contribution is 7.72. The molecule has 0 spiro atoms. The van der Waals surface area contributed by atoms with Crippen LogP contribution in [-0.4, -0.2) is 55.6 Å². The summed E-state index contributed by atoms with van der Waals surface area (Å²) >= 11 is 0. The van der Waals surface area contributed by atoms with Crippen molar-refractivity contribution in [2.75, 3.05) is 20.6 Å². The van der Waals surface area contributed by atoms with E-state index < -0.39 is 26.1 Å². The summed E-state index contributed by atoms with van der Waals surface area (Å²) in [5, 5.41) is 0. The maximum Gasteiger partial charge on any atom is 0.349 e. The fraction of sp³-hybridized carbons (Fsp3) is 1.00. The van der Waals surface area contributed by atoms with Crippen LogP contribution in [-0.2, 0) is 9.13 Å². The van der Waals surface area contributed by atoms with Crippen LogP contribution in [0.1, 0.15) is 25.7 Å². The molecule has 0 aromatic carbocycles. The maximum absolute atomic E-state index is 11.9. The Balaban J connectivity index is 2.63. The first kappa shape index (κ1) is 15.6. The van der Waals surface area contributed by atoms with Gasteiger partial charge in [-0.25, -0.2) is 0 Å². The second-order valence-electron chi connectivity index (χ2n) is 6.35. The molecule has 1 aliphatic heterocycles. The lowest BCUT2D eigenvalue weighted by atomic mass is 9.90. The third-order valence-electron chi connectivity index (χ3n) is 4.87. The van der Waals surface area contributed by atoms with E-state index in [4.69, 9.17) is 0 Å². The van der Waals surface area contributed by atoms with Gasteiger partial charge in [0, 0.05) is 5.92 Å². The highest BCUT2D eigenvalue weighted by atomic mass is 31.2. The van der Waals surface area contributed by atoms with E-state index in [0.717, 1.165) is 12.8 Å². The van der Waals surface area contributed by atoms with Crippen LogP contribution >= 0.6 is 15.2 Å². The first-order valence-corrected chi connectivity index (χ1v) is 9.60. The van der Waals surface area contributed by atoms with Crippen molar-refractivity contribution in [1.82, 2.24) is 0 Å². The van der Waals surface area contributed by atoms with Gasteiger partial charge in [0.25, 0.3) is 0 Å². The highest BCUT2D eigenvalue weighted by Crippen LogP contribution is 2.77. The molecule has 0 radical (unpaired) electrons. The van der Waals surface area contributed by atoms with Crippen molar-refractivity contribution in [2.45, 2.75) is 36.6 Å². The topological polar surface area (TPSA) is 115 Å². The van der Waals surface area contributed by atoms with Gasteiger partial charge in [0.15, 0.2) is 0 Å². The number of fused-ring (bicyclic) bond motifs is 1. The van der Waals surface area contributed by atoms with Gasteiger partial charge in [-0.2, -0.15) is 0 Å². The second-order valence-corrected chi connectivity index (χ2v) is 10.5. The van der Waals surface area contributed by atoms with E-state index in [1.807, 2.05) is 14.1 Å². The van der Waals surface area contributed by atoms with Crippen LogP contribution in [0.4, 0.5) is 0 Å². The van der Waals surface area contributed by atoms with Gasteiger partial charge in [0.05, 0.1) is 20.6 Å². The molecule has 112 valence electrons. The van der Waals surface area contributed by atoms with Crippen molar-refractivity contribution < 1.29 is 33.2 Å². The summed E-state index contributed by atoms with van der Waals surface area (Å²) < 4.78 is 24.1. The molecule has 1 saturated heterocycles. The summed E-state index contributed by atoms with van der Waals surface area (Å²) in [4.78, 5) is 36.5. The molecule has 2 aliphatic rings. The van der Waals surface area contributed by atoms with E-state index >= 15 is 0 Å². The fourth-order valence-corrected chi connectivity index (χ4v) is 8.15. The van der Waals surface area contributed by atoms with Crippen molar-refractivity contribution in [1.29, 1.82) is 0 Å². The van der Waals surface area contributed by atoms with Crippen molar-refractivity contribution in [2.24, 2.45) is 5.92 Å². The zero-order valence-corrected chi connectivity index (χ0v) is 12.9. The lowest BCUT2D eigenvalue weighted by molar-refractivity contribution is -0.923. The van der Waals surface area contributed by atoms with Gasteiger partial charge < -0.3 is 24.1 Å². The Labute approximate surface area is 112 Å². The molecular weight excluding hydrogens is 292 g/mol. The van der Waals surface area contributed by atoms with E-state index in [-0.39, 0.29) is 16.8 Å². The standard InChI is InChI=1S/C10H21NO6P2/c1-11(2)7-3-4-8-5-6-10(9(8)11,18(12,13)14)19(15,16)17/h8-9H,3-7H2,1-2H3,(H3-,12,13,14,15,16,17)/p+1. The first-order chi connectivity index (χ1) is 8.43. The number of piperidine rings is 1. The minimum Gasteiger partial charge on any atom is -0.324 e. The molecule has 1 saturated carbocycles. The number of hydrogen-bond acceptors (Lipinski definition) is 2. The first-order valence-electron chi connectivity index (χ1n) is 6.37. The van der Waals surface area contributed by atoms with E-state index in [9.17, 15) is 28.7 Å². The predicted octanol–water partition coefficient (Wildman–Crippen LogP) is 0.687. The molecule has 9 heteroatoms. The summed E-state index contributed by atoms with van der Waals surface area (Å²) in [6, 6.07) is -0.678. The second kappa shape index (κ2) is 4.38. The van der Waals surface area contributed by atoms with Crippen LogP contribution in [0.3, 0.4) is 0 Å². The number of likely N-dealkylation sites (tertiary alicyclic amines) is 1. The molecule has 0 amide bonds. The Bertz CT molecular complexity index is 445. The summed E-state index contributed by atoms with van der Waals surface area (Å²) in [7, 11) is -6.21. The summed E-state index contributed by atoms with van der Waals surface area (Å²) in [5.41, 5.74) is 0. The van der Waals surface area contributed by atoms with Gasteiger partial charge in [-0.1, -0.05) is 0 Å². The van der Waals surface area contributed by atoms with Crippen LogP contribution in [0.15, 0.2) is 0 Å². The molecule has 2 unspecified atom stereocenters. The van der Waals surface area contributed by atoms with Crippen LogP contribution in [0, 0.1) is 5.92 Å². The monoisotopic (exact) mass is 314 g/mol. The molecule has 19 heavy (non-hydrogen) atoms. The smallest absolute Gasteiger partial charge is 0.324 e. The SMILES string of the molecule is C[N+]1(C)CCCC2CCC(P(=O)(O)O)(P(=O)(O)O)C21. The molecule has 4 N–H and O–H groups in total. The molecule has 2 fully saturated rings. The predicted molar refractivity (Wildman–Crippen MR) is 69.5 cm³/mol. The third-order valence-corrected chi connectivity index (χ3v) is 9.43. The Morgan fingerprint density at radius 2 is 1.58 bits per heavy atom. The lowest BCUT2D eigenvalue weighted by Gasteiger charge is -2.49. The number of quaternary nitrogens is 1. The van der Waals surface area contributed by atoms with E-state index in [1.165, 1.54) is 0 Å². The average molecular weight is 314 g/mol. The van der Waals surface area contributed by atoms with Crippen LogP contribution in [0.25, 0.3) is 0 Å². The van der Waals surface area contributed by atoms with E-state index in [1.54, 1.807) is 0 Å².